The summed E-state index contributed by atoms with van der Waals surface area (Å²) in [6, 6.07) is 2.44. The van der Waals surface area contributed by atoms with Crippen LogP contribution in [0.3, 0.4) is 0 Å². The van der Waals surface area contributed by atoms with Crippen LogP contribution in [0, 0.1) is 23.5 Å². The Morgan fingerprint density at radius 2 is 1.38 bits per heavy atom. The minimum atomic E-state index is -0.591. The van der Waals surface area contributed by atoms with E-state index in [4.69, 9.17) is 5.11 Å². The van der Waals surface area contributed by atoms with Gasteiger partial charge in [0.25, 0.3) is 0 Å². The maximum Gasteiger partial charge on any atom is 0.149 e. The molecule has 4 heteroatoms. The first-order valence-electron chi connectivity index (χ1n) is 7.68. The summed E-state index contributed by atoms with van der Waals surface area (Å²) in [6.45, 7) is 9.31. The molecule has 0 unspecified atom stereocenters. The molecule has 0 bridgehead atoms. The number of rotatable bonds is 8. The summed E-state index contributed by atoms with van der Waals surface area (Å²) in [5, 5.41) is 9.02. The van der Waals surface area contributed by atoms with Crippen molar-refractivity contribution in [1.29, 1.82) is 0 Å². The topological polar surface area (TPSA) is 23.5 Å². The van der Waals surface area contributed by atoms with Crippen LogP contribution in [0.15, 0.2) is 12.1 Å². The SMILES string of the molecule is CC(C)CCN(CCC(C)C)c1c(F)cc(CO)cc1F. The summed E-state index contributed by atoms with van der Waals surface area (Å²) in [4.78, 5) is 1.80. The van der Waals surface area contributed by atoms with E-state index < -0.39 is 11.6 Å². The molecule has 0 saturated carbocycles. The second-order valence-corrected chi connectivity index (χ2v) is 6.42. The number of hydrogen-bond acceptors (Lipinski definition) is 2. The van der Waals surface area contributed by atoms with Crippen molar-refractivity contribution in [3.05, 3.63) is 29.3 Å². The predicted molar refractivity (Wildman–Crippen MR) is 83.4 cm³/mol. The fraction of sp³-hybridized carbons (Fsp3) is 0.647. The normalized spacial score (nSPS) is 11.5. The van der Waals surface area contributed by atoms with Crippen molar-refractivity contribution >= 4 is 5.69 Å². The van der Waals surface area contributed by atoms with Gasteiger partial charge in [-0.1, -0.05) is 27.7 Å². The fourth-order valence-corrected chi connectivity index (χ4v) is 2.17. The predicted octanol–water partition coefficient (Wildman–Crippen LogP) is 4.36. The number of hydrogen-bond donors (Lipinski definition) is 1. The first kappa shape index (κ1) is 17.9. The van der Waals surface area contributed by atoms with Crippen molar-refractivity contribution in [3.63, 3.8) is 0 Å². The second-order valence-electron chi connectivity index (χ2n) is 6.42. The molecule has 0 fully saturated rings. The average molecular weight is 299 g/mol. The number of halogens is 2. The third kappa shape index (κ3) is 5.62. The number of aliphatic hydroxyl groups is 1. The first-order valence-corrected chi connectivity index (χ1v) is 7.68. The molecule has 0 heterocycles. The van der Waals surface area contributed by atoms with Gasteiger partial charge in [-0.15, -0.1) is 0 Å². The highest BCUT2D eigenvalue weighted by Crippen LogP contribution is 2.26. The zero-order valence-electron chi connectivity index (χ0n) is 13.5. The lowest BCUT2D eigenvalue weighted by molar-refractivity contribution is 0.280. The van der Waals surface area contributed by atoms with Gasteiger partial charge in [-0.3, -0.25) is 0 Å². The van der Waals surface area contributed by atoms with Crippen LogP contribution in [0.5, 0.6) is 0 Å². The van der Waals surface area contributed by atoms with Crippen LogP contribution in [0.25, 0.3) is 0 Å². The Balaban J connectivity index is 3.00. The summed E-state index contributed by atoms with van der Waals surface area (Å²) < 4.78 is 28.4. The fourth-order valence-electron chi connectivity index (χ4n) is 2.17. The molecule has 120 valence electrons. The molecular weight excluding hydrogens is 272 g/mol. The van der Waals surface area contributed by atoms with E-state index in [1.54, 1.807) is 4.90 Å². The van der Waals surface area contributed by atoms with Gasteiger partial charge in [-0.05, 0) is 42.4 Å². The van der Waals surface area contributed by atoms with Crippen molar-refractivity contribution in [2.75, 3.05) is 18.0 Å². The Kier molecular flexibility index (Phi) is 7.09. The van der Waals surface area contributed by atoms with Gasteiger partial charge >= 0.3 is 0 Å². The second kappa shape index (κ2) is 8.32. The Bertz CT molecular complexity index is 411. The van der Waals surface area contributed by atoms with E-state index in [9.17, 15) is 8.78 Å². The van der Waals surface area contributed by atoms with E-state index in [2.05, 4.69) is 27.7 Å². The van der Waals surface area contributed by atoms with E-state index in [1.165, 1.54) is 12.1 Å². The van der Waals surface area contributed by atoms with E-state index in [-0.39, 0.29) is 17.9 Å². The maximum atomic E-state index is 14.2. The average Bonchev–Trinajstić information content (AvgIpc) is 2.39. The monoisotopic (exact) mass is 299 g/mol. The van der Waals surface area contributed by atoms with Crippen LogP contribution < -0.4 is 4.90 Å². The molecule has 1 aromatic rings. The Labute approximate surface area is 126 Å². The third-order valence-electron chi connectivity index (χ3n) is 3.53. The molecule has 0 radical (unpaired) electrons. The van der Waals surface area contributed by atoms with Gasteiger partial charge in [-0.25, -0.2) is 8.78 Å². The summed E-state index contributed by atoms with van der Waals surface area (Å²) >= 11 is 0. The number of nitrogens with zero attached hydrogens (tertiary/aromatic N) is 1. The molecule has 0 amide bonds. The van der Waals surface area contributed by atoms with Crippen LogP contribution in [-0.4, -0.2) is 18.2 Å². The van der Waals surface area contributed by atoms with Crippen LogP contribution >= 0.6 is 0 Å². The van der Waals surface area contributed by atoms with Gasteiger partial charge in [0, 0.05) is 13.1 Å². The summed E-state index contributed by atoms with van der Waals surface area (Å²) in [6.07, 6.45) is 1.78. The Morgan fingerprint density at radius 3 is 1.71 bits per heavy atom. The molecule has 21 heavy (non-hydrogen) atoms. The zero-order chi connectivity index (χ0) is 16.0. The molecule has 0 spiro atoms. The Hall–Kier alpha value is -1.16. The zero-order valence-corrected chi connectivity index (χ0v) is 13.5. The lowest BCUT2D eigenvalue weighted by Gasteiger charge is -2.27. The van der Waals surface area contributed by atoms with Crippen molar-refractivity contribution in [2.24, 2.45) is 11.8 Å². The van der Waals surface area contributed by atoms with Crippen molar-refractivity contribution in [1.82, 2.24) is 0 Å². The molecule has 0 aliphatic rings. The van der Waals surface area contributed by atoms with Gasteiger partial charge in [0.1, 0.15) is 17.3 Å². The number of anilines is 1. The van der Waals surface area contributed by atoms with Crippen LogP contribution in [0.2, 0.25) is 0 Å². The van der Waals surface area contributed by atoms with Gasteiger partial charge in [0.15, 0.2) is 0 Å². The number of aliphatic hydroxyl groups excluding tert-OH is 1. The maximum absolute atomic E-state index is 14.2. The van der Waals surface area contributed by atoms with Crippen molar-refractivity contribution < 1.29 is 13.9 Å². The standard InChI is InChI=1S/C17H27F2NO/c1-12(2)5-7-20(8-6-13(3)4)17-15(18)9-14(11-21)10-16(17)19/h9-10,12-13,21H,5-8,11H2,1-4H3. The first-order chi connectivity index (χ1) is 9.85. The van der Waals surface area contributed by atoms with Gasteiger partial charge in [0.2, 0.25) is 0 Å². The van der Waals surface area contributed by atoms with E-state index in [0.717, 1.165) is 12.8 Å². The minimum absolute atomic E-state index is 0.0356. The summed E-state index contributed by atoms with van der Waals surface area (Å²) in [7, 11) is 0. The van der Waals surface area contributed by atoms with E-state index >= 15 is 0 Å². The molecule has 1 aromatic carbocycles. The summed E-state index contributed by atoms with van der Waals surface area (Å²) in [5.41, 5.74) is 0.301. The smallest absolute Gasteiger partial charge is 0.149 e. The van der Waals surface area contributed by atoms with Gasteiger partial charge in [0.05, 0.1) is 6.61 Å². The van der Waals surface area contributed by atoms with Crippen molar-refractivity contribution in [2.45, 2.75) is 47.1 Å². The molecular formula is C17H27F2NO. The minimum Gasteiger partial charge on any atom is -0.392 e. The largest absolute Gasteiger partial charge is 0.392 e. The molecule has 1 rings (SSSR count). The molecule has 0 atom stereocenters. The van der Waals surface area contributed by atoms with E-state index in [1.807, 2.05) is 0 Å². The van der Waals surface area contributed by atoms with E-state index in [0.29, 0.717) is 24.9 Å². The van der Waals surface area contributed by atoms with Crippen molar-refractivity contribution in [3.8, 4) is 0 Å². The molecule has 0 aromatic heterocycles. The molecule has 1 N–H and O–H groups in total. The number of benzene rings is 1. The lowest BCUT2D eigenvalue weighted by Crippen LogP contribution is -2.29. The molecule has 0 aliphatic heterocycles. The highest BCUT2D eigenvalue weighted by atomic mass is 19.1. The van der Waals surface area contributed by atoms with Crippen LogP contribution in [0.1, 0.15) is 46.1 Å². The van der Waals surface area contributed by atoms with Gasteiger partial charge in [-0.2, -0.15) is 0 Å². The summed E-state index contributed by atoms with van der Waals surface area (Å²) in [5.74, 6) is -0.220. The highest BCUT2D eigenvalue weighted by Gasteiger charge is 2.18. The highest BCUT2D eigenvalue weighted by molar-refractivity contribution is 5.50. The lowest BCUT2D eigenvalue weighted by atomic mass is 10.1. The molecule has 0 saturated heterocycles. The molecule has 0 aliphatic carbocycles. The van der Waals surface area contributed by atoms with Crippen LogP contribution in [-0.2, 0) is 6.61 Å². The quantitative estimate of drug-likeness (QED) is 0.771. The molecule has 2 nitrogen and oxygen atoms in total. The van der Waals surface area contributed by atoms with Crippen LogP contribution in [0.4, 0.5) is 14.5 Å². The Morgan fingerprint density at radius 1 is 0.952 bits per heavy atom. The third-order valence-corrected chi connectivity index (χ3v) is 3.53. The van der Waals surface area contributed by atoms with Gasteiger partial charge < -0.3 is 10.0 Å².